The van der Waals surface area contributed by atoms with Crippen LogP contribution in [0.1, 0.15) is 23.1 Å². The molecule has 2 rings (SSSR count). The van der Waals surface area contributed by atoms with Crippen LogP contribution in [0.5, 0.6) is 0 Å². The third-order valence-corrected chi connectivity index (χ3v) is 5.46. The summed E-state index contributed by atoms with van der Waals surface area (Å²) in [5, 5.41) is 2.74. The van der Waals surface area contributed by atoms with Gasteiger partial charge in [0.1, 0.15) is 0 Å². The van der Waals surface area contributed by atoms with Crippen LogP contribution in [0.25, 0.3) is 0 Å². The number of hydrogen-bond donors (Lipinski definition) is 2. The Morgan fingerprint density at radius 3 is 2.44 bits per heavy atom. The summed E-state index contributed by atoms with van der Waals surface area (Å²) in [6.07, 6.45) is 1.20. The van der Waals surface area contributed by atoms with Crippen molar-refractivity contribution in [2.45, 2.75) is 26.7 Å². The molecule has 0 aromatic heterocycles. The molecule has 0 heterocycles. The lowest BCUT2D eigenvalue weighted by Gasteiger charge is -2.11. The Labute approximate surface area is 149 Å². The molecule has 134 valence electrons. The Hall–Kier alpha value is -2.18. The monoisotopic (exact) mass is 360 g/mol. The van der Waals surface area contributed by atoms with E-state index in [1.807, 2.05) is 56.3 Å². The van der Waals surface area contributed by atoms with Gasteiger partial charge in [0.25, 0.3) is 0 Å². The average molecular weight is 360 g/mol. The van der Waals surface area contributed by atoms with Gasteiger partial charge < -0.3 is 5.32 Å². The summed E-state index contributed by atoms with van der Waals surface area (Å²) in [7, 11) is -3.47. The van der Waals surface area contributed by atoms with Gasteiger partial charge in [0, 0.05) is 5.69 Å². The van der Waals surface area contributed by atoms with Crippen LogP contribution in [-0.2, 0) is 21.2 Å². The van der Waals surface area contributed by atoms with E-state index in [2.05, 4.69) is 10.0 Å². The molecule has 0 saturated heterocycles. The van der Waals surface area contributed by atoms with E-state index in [4.69, 9.17) is 0 Å². The minimum atomic E-state index is -3.47. The van der Waals surface area contributed by atoms with E-state index < -0.39 is 10.0 Å². The molecule has 0 aliphatic rings. The quantitative estimate of drug-likeness (QED) is 0.760. The molecular weight excluding hydrogens is 336 g/mol. The Morgan fingerprint density at radius 2 is 1.72 bits per heavy atom. The van der Waals surface area contributed by atoms with Crippen LogP contribution in [0.4, 0.5) is 5.69 Å². The van der Waals surface area contributed by atoms with E-state index in [0.29, 0.717) is 18.5 Å². The van der Waals surface area contributed by atoms with Crippen LogP contribution in [0.15, 0.2) is 48.5 Å². The number of carbonyl (C=O) groups is 1. The molecule has 0 aliphatic carbocycles. The van der Waals surface area contributed by atoms with E-state index in [0.717, 1.165) is 16.7 Å². The first-order chi connectivity index (χ1) is 11.9. The topological polar surface area (TPSA) is 75.3 Å². The molecular formula is C19H24N2O3S. The Bertz CT molecular complexity index is 818. The molecule has 0 spiro atoms. The van der Waals surface area contributed by atoms with Crippen molar-refractivity contribution in [3.05, 3.63) is 65.2 Å². The lowest BCUT2D eigenvalue weighted by atomic mass is 10.1. The van der Waals surface area contributed by atoms with Gasteiger partial charge in [-0.2, -0.15) is 0 Å². The van der Waals surface area contributed by atoms with Crippen LogP contribution in [0.3, 0.4) is 0 Å². The highest BCUT2D eigenvalue weighted by Crippen LogP contribution is 2.17. The van der Waals surface area contributed by atoms with Crippen molar-refractivity contribution in [1.82, 2.24) is 4.72 Å². The number of sulfonamides is 1. The molecule has 0 atom stereocenters. The fourth-order valence-electron chi connectivity index (χ4n) is 2.44. The third kappa shape index (κ3) is 6.32. The molecule has 2 aromatic rings. The van der Waals surface area contributed by atoms with E-state index in [-0.39, 0.29) is 18.2 Å². The highest BCUT2D eigenvalue weighted by atomic mass is 32.2. The Balaban J connectivity index is 1.78. The number of amides is 1. The summed E-state index contributed by atoms with van der Waals surface area (Å²) in [6, 6.07) is 15.3. The number of hydrogen-bond acceptors (Lipinski definition) is 3. The number of carbonyl (C=O) groups excluding carboxylic acids is 1. The highest BCUT2D eigenvalue weighted by molar-refractivity contribution is 7.89. The van der Waals surface area contributed by atoms with Gasteiger partial charge in [-0.15, -0.1) is 0 Å². The molecule has 0 radical (unpaired) electrons. The Morgan fingerprint density at radius 1 is 1.00 bits per heavy atom. The van der Waals surface area contributed by atoms with Crippen molar-refractivity contribution in [1.29, 1.82) is 0 Å². The highest BCUT2D eigenvalue weighted by Gasteiger charge is 2.13. The zero-order valence-electron chi connectivity index (χ0n) is 14.6. The van der Waals surface area contributed by atoms with Crippen LogP contribution in [-0.4, -0.2) is 26.6 Å². The zero-order chi connectivity index (χ0) is 18.3. The Kier molecular flexibility index (Phi) is 6.73. The van der Waals surface area contributed by atoms with Crippen molar-refractivity contribution in [2.75, 3.05) is 17.6 Å². The summed E-state index contributed by atoms with van der Waals surface area (Å²) in [6.45, 7) is 3.61. The van der Waals surface area contributed by atoms with Gasteiger partial charge in [0.15, 0.2) is 0 Å². The molecule has 5 nitrogen and oxygen atoms in total. The largest absolute Gasteiger partial charge is 0.325 e. The second-order valence-corrected chi connectivity index (χ2v) is 7.95. The maximum Gasteiger partial charge on any atom is 0.239 e. The minimum Gasteiger partial charge on any atom is -0.325 e. The van der Waals surface area contributed by atoms with E-state index in [1.165, 1.54) is 0 Å². The molecule has 2 aromatic carbocycles. The van der Waals surface area contributed by atoms with Gasteiger partial charge in [-0.25, -0.2) is 13.1 Å². The maximum atomic E-state index is 12.0. The molecule has 2 N–H and O–H groups in total. The van der Waals surface area contributed by atoms with Crippen molar-refractivity contribution in [3.63, 3.8) is 0 Å². The zero-order valence-corrected chi connectivity index (χ0v) is 15.4. The summed E-state index contributed by atoms with van der Waals surface area (Å²) < 4.78 is 26.4. The maximum absolute atomic E-state index is 12.0. The van der Waals surface area contributed by atoms with Crippen molar-refractivity contribution >= 4 is 21.6 Å². The van der Waals surface area contributed by atoms with E-state index in [9.17, 15) is 13.2 Å². The van der Waals surface area contributed by atoms with Crippen molar-refractivity contribution in [2.24, 2.45) is 0 Å². The normalized spacial score (nSPS) is 11.3. The lowest BCUT2D eigenvalue weighted by molar-refractivity contribution is -0.115. The fraction of sp³-hybridized carbons (Fsp3) is 0.316. The van der Waals surface area contributed by atoms with Gasteiger partial charge in [0.05, 0.1) is 12.3 Å². The van der Waals surface area contributed by atoms with Gasteiger partial charge in [-0.1, -0.05) is 42.5 Å². The second kappa shape index (κ2) is 8.78. The van der Waals surface area contributed by atoms with Gasteiger partial charge in [-0.3, -0.25) is 4.79 Å². The number of nitrogens with one attached hydrogen (secondary N) is 2. The van der Waals surface area contributed by atoms with E-state index in [1.54, 1.807) is 6.07 Å². The molecule has 0 aliphatic heterocycles. The lowest BCUT2D eigenvalue weighted by Crippen LogP contribution is -2.34. The molecule has 25 heavy (non-hydrogen) atoms. The van der Waals surface area contributed by atoms with E-state index >= 15 is 0 Å². The predicted octanol–water partition coefficient (Wildman–Crippen LogP) is 2.79. The number of anilines is 1. The summed E-state index contributed by atoms with van der Waals surface area (Å²) >= 11 is 0. The molecule has 0 bridgehead atoms. The van der Waals surface area contributed by atoms with Gasteiger partial charge >= 0.3 is 0 Å². The molecule has 1 amide bonds. The first-order valence-corrected chi connectivity index (χ1v) is 9.90. The van der Waals surface area contributed by atoms with Crippen LogP contribution >= 0.6 is 0 Å². The smallest absolute Gasteiger partial charge is 0.239 e. The third-order valence-electron chi connectivity index (χ3n) is 4.05. The summed E-state index contributed by atoms with van der Waals surface area (Å²) in [5.41, 5.74) is 3.85. The fourth-order valence-corrected chi connectivity index (χ4v) is 3.46. The molecule has 6 heteroatoms. The number of aryl methyl sites for hydroxylation is 2. The second-order valence-electron chi connectivity index (χ2n) is 6.02. The van der Waals surface area contributed by atoms with Gasteiger partial charge in [-0.05, 0) is 49.4 Å². The van der Waals surface area contributed by atoms with Crippen LogP contribution < -0.4 is 10.0 Å². The summed E-state index contributed by atoms with van der Waals surface area (Å²) in [5.74, 6) is -0.376. The number of rotatable bonds is 8. The van der Waals surface area contributed by atoms with Gasteiger partial charge in [0.2, 0.25) is 15.9 Å². The number of benzene rings is 2. The predicted molar refractivity (Wildman–Crippen MR) is 101 cm³/mol. The summed E-state index contributed by atoms with van der Waals surface area (Å²) in [4.78, 5) is 12.0. The molecule has 0 saturated carbocycles. The van der Waals surface area contributed by atoms with Crippen molar-refractivity contribution < 1.29 is 13.2 Å². The first-order valence-electron chi connectivity index (χ1n) is 8.25. The van der Waals surface area contributed by atoms with Crippen LogP contribution in [0, 0.1) is 13.8 Å². The molecule has 0 fully saturated rings. The molecule has 0 unspecified atom stereocenters. The first kappa shape index (κ1) is 19.1. The SMILES string of the molecule is Cc1cccc(NC(=O)CNS(=O)(=O)CCCc2ccccc2)c1C. The average Bonchev–Trinajstić information content (AvgIpc) is 2.58. The standard InChI is InChI=1S/C19H24N2O3S/c1-15-8-6-12-18(16(15)2)21-19(22)14-20-25(23,24)13-7-11-17-9-4-3-5-10-17/h3-6,8-10,12,20H,7,11,13-14H2,1-2H3,(H,21,22). The van der Waals surface area contributed by atoms with Crippen molar-refractivity contribution in [3.8, 4) is 0 Å². The minimum absolute atomic E-state index is 0.00134. The van der Waals surface area contributed by atoms with Crippen LogP contribution in [0.2, 0.25) is 0 Å².